The normalized spacial score (nSPS) is 12.1. The van der Waals surface area contributed by atoms with Crippen LogP contribution >= 0.6 is 0 Å². The van der Waals surface area contributed by atoms with Crippen molar-refractivity contribution in [2.24, 2.45) is 0 Å². The zero-order chi connectivity index (χ0) is 14.2. The molecule has 1 heterocycles. The first-order chi connectivity index (χ1) is 9.81. The number of hydrogen-bond donors (Lipinski definition) is 0. The molecule has 1 aromatic carbocycles. The molecule has 0 spiro atoms. The van der Waals surface area contributed by atoms with Crippen molar-refractivity contribution in [1.82, 2.24) is 9.55 Å². The molecular weight excluding hydrogens is 252 g/mol. The number of hydrogen-bond acceptors (Lipinski definition) is 3. The van der Waals surface area contributed by atoms with Crippen molar-refractivity contribution in [3.8, 4) is 0 Å². The van der Waals surface area contributed by atoms with Crippen LogP contribution in [0.5, 0.6) is 0 Å². The van der Waals surface area contributed by atoms with Crippen LogP contribution in [0.2, 0.25) is 0 Å². The van der Waals surface area contributed by atoms with E-state index in [2.05, 4.69) is 4.98 Å². The summed E-state index contributed by atoms with van der Waals surface area (Å²) in [6, 6.07) is 9.84. The van der Waals surface area contributed by atoms with E-state index in [1.54, 1.807) is 12.5 Å². The minimum Gasteiger partial charge on any atom is -0.466 e. The van der Waals surface area contributed by atoms with Crippen molar-refractivity contribution in [2.45, 2.75) is 32.2 Å². The third-order valence-electron chi connectivity index (χ3n) is 3.24. The Hall–Kier alpha value is -2.10. The zero-order valence-electron chi connectivity index (χ0n) is 11.7. The Morgan fingerprint density at radius 1 is 1.35 bits per heavy atom. The SMILES string of the molecule is CCOC(=O)C(CCCn1ccnc1)c1ccccc1. The van der Waals surface area contributed by atoms with E-state index in [1.165, 1.54) is 0 Å². The second-order valence-corrected chi connectivity index (χ2v) is 4.66. The van der Waals surface area contributed by atoms with E-state index in [9.17, 15) is 4.79 Å². The predicted molar refractivity (Wildman–Crippen MR) is 77.3 cm³/mol. The first-order valence-electron chi connectivity index (χ1n) is 6.98. The van der Waals surface area contributed by atoms with Gasteiger partial charge in [-0.2, -0.15) is 0 Å². The van der Waals surface area contributed by atoms with E-state index in [4.69, 9.17) is 4.74 Å². The molecule has 1 unspecified atom stereocenters. The van der Waals surface area contributed by atoms with Gasteiger partial charge in [-0.3, -0.25) is 4.79 Å². The van der Waals surface area contributed by atoms with Crippen LogP contribution in [0, 0.1) is 0 Å². The van der Waals surface area contributed by atoms with Crippen LogP contribution < -0.4 is 0 Å². The minimum atomic E-state index is -0.181. The number of aryl methyl sites for hydroxylation is 1. The lowest BCUT2D eigenvalue weighted by molar-refractivity contribution is -0.145. The molecule has 20 heavy (non-hydrogen) atoms. The van der Waals surface area contributed by atoms with E-state index >= 15 is 0 Å². The van der Waals surface area contributed by atoms with Crippen LogP contribution in [0.1, 0.15) is 31.2 Å². The molecule has 0 radical (unpaired) electrons. The van der Waals surface area contributed by atoms with Crippen LogP contribution in [-0.4, -0.2) is 22.1 Å². The molecule has 0 amide bonds. The van der Waals surface area contributed by atoms with Crippen LogP contribution in [-0.2, 0) is 16.1 Å². The third kappa shape index (κ3) is 3.95. The molecule has 0 fully saturated rings. The summed E-state index contributed by atoms with van der Waals surface area (Å²) in [6.45, 7) is 3.12. The van der Waals surface area contributed by atoms with Gasteiger partial charge in [0, 0.05) is 18.9 Å². The van der Waals surface area contributed by atoms with Crippen molar-refractivity contribution in [2.75, 3.05) is 6.61 Å². The highest BCUT2D eigenvalue weighted by molar-refractivity contribution is 5.78. The van der Waals surface area contributed by atoms with Crippen LogP contribution in [0.4, 0.5) is 0 Å². The van der Waals surface area contributed by atoms with Gasteiger partial charge < -0.3 is 9.30 Å². The summed E-state index contributed by atoms with van der Waals surface area (Å²) in [5, 5.41) is 0. The maximum Gasteiger partial charge on any atom is 0.313 e. The summed E-state index contributed by atoms with van der Waals surface area (Å²) in [6.07, 6.45) is 7.18. The molecule has 0 bridgehead atoms. The fraction of sp³-hybridized carbons (Fsp3) is 0.375. The Labute approximate surface area is 119 Å². The Bertz CT molecular complexity index is 509. The van der Waals surface area contributed by atoms with Gasteiger partial charge in [-0.05, 0) is 25.3 Å². The number of esters is 1. The molecule has 1 aromatic heterocycles. The van der Waals surface area contributed by atoms with E-state index in [0.717, 1.165) is 24.9 Å². The maximum atomic E-state index is 12.1. The number of nitrogens with zero attached hydrogens (tertiary/aromatic N) is 2. The molecule has 0 saturated carbocycles. The van der Waals surface area contributed by atoms with Gasteiger partial charge >= 0.3 is 5.97 Å². The molecule has 4 nitrogen and oxygen atoms in total. The highest BCUT2D eigenvalue weighted by Gasteiger charge is 2.21. The molecule has 0 aliphatic heterocycles. The highest BCUT2D eigenvalue weighted by atomic mass is 16.5. The van der Waals surface area contributed by atoms with E-state index in [0.29, 0.717) is 6.61 Å². The quantitative estimate of drug-likeness (QED) is 0.728. The molecule has 106 valence electrons. The molecular formula is C16H20N2O2. The fourth-order valence-electron chi connectivity index (χ4n) is 2.25. The number of aromatic nitrogens is 2. The molecule has 0 aliphatic carbocycles. The summed E-state index contributed by atoms with van der Waals surface area (Å²) in [5.74, 6) is -0.316. The van der Waals surface area contributed by atoms with Crippen LogP contribution in [0.3, 0.4) is 0 Å². The summed E-state index contributed by atoms with van der Waals surface area (Å²) in [7, 11) is 0. The number of carbonyl (C=O) groups excluding carboxylic acids is 1. The molecule has 2 rings (SSSR count). The summed E-state index contributed by atoms with van der Waals surface area (Å²) in [5.41, 5.74) is 1.02. The lowest BCUT2D eigenvalue weighted by Crippen LogP contribution is -2.16. The summed E-state index contributed by atoms with van der Waals surface area (Å²) < 4.78 is 7.21. The van der Waals surface area contributed by atoms with E-state index in [1.807, 2.05) is 48.0 Å². The third-order valence-corrected chi connectivity index (χ3v) is 3.24. The number of imidazole rings is 1. The molecule has 2 aromatic rings. The van der Waals surface area contributed by atoms with Gasteiger partial charge in [0.2, 0.25) is 0 Å². The Kier molecular flexibility index (Phi) is 5.35. The average molecular weight is 272 g/mol. The number of ether oxygens (including phenoxy) is 1. The van der Waals surface area contributed by atoms with Gasteiger partial charge in [-0.15, -0.1) is 0 Å². The van der Waals surface area contributed by atoms with Crippen LogP contribution in [0.15, 0.2) is 49.1 Å². The Morgan fingerprint density at radius 2 is 2.15 bits per heavy atom. The van der Waals surface area contributed by atoms with Gasteiger partial charge in [0.1, 0.15) is 0 Å². The van der Waals surface area contributed by atoms with Gasteiger partial charge in [0.25, 0.3) is 0 Å². The van der Waals surface area contributed by atoms with Crippen molar-refractivity contribution >= 4 is 5.97 Å². The molecule has 0 N–H and O–H groups in total. The fourth-order valence-corrected chi connectivity index (χ4v) is 2.25. The Balaban J connectivity index is 1.97. The highest BCUT2D eigenvalue weighted by Crippen LogP contribution is 2.23. The zero-order valence-corrected chi connectivity index (χ0v) is 11.7. The lowest BCUT2D eigenvalue weighted by Gasteiger charge is -2.16. The van der Waals surface area contributed by atoms with Gasteiger partial charge in [-0.25, -0.2) is 4.98 Å². The number of carbonyl (C=O) groups is 1. The average Bonchev–Trinajstić information content (AvgIpc) is 2.98. The monoisotopic (exact) mass is 272 g/mol. The number of rotatable bonds is 7. The summed E-state index contributed by atoms with van der Waals surface area (Å²) >= 11 is 0. The predicted octanol–water partition coefficient (Wildman–Crippen LogP) is 3.01. The molecule has 0 saturated heterocycles. The second kappa shape index (κ2) is 7.48. The Morgan fingerprint density at radius 3 is 2.80 bits per heavy atom. The van der Waals surface area contributed by atoms with Gasteiger partial charge in [-0.1, -0.05) is 30.3 Å². The van der Waals surface area contributed by atoms with E-state index < -0.39 is 0 Å². The standard InChI is InChI=1S/C16H20N2O2/c1-2-20-16(19)15(14-7-4-3-5-8-14)9-6-11-18-12-10-17-13-18/h3-5,7-8,10,12-13,15H,2,6,9,11H2,1H3. The van der Waals surface area contributed by atoms with Crippen molar-refractivity contribution in [3.63, 3.8) is 0 Å². The maximum absolute atomic E-state index is 12.1. The lowest BCUT2D eigenvalue weighted by atomic mass is 9.94. The topological polar surface area (TPSA) is 44.1 Å². The van der Waals surface area contributed by atoms with Crippen LogP contribution in [0.25, 0.3) is 0 Å². The van der Waals surface area contributed by atoms with Crippen molar-refractivity contribution < 1.29 is 9.53 Å². The number of benzene rings is 1. The first-order valence-corrected chi connectivity index (χ1v) is 6.98. The van der Waals surface area contributed by atoms with Crippen molar-refractivity contribution in [3.05, 3.63) is 54.6 Å². The summed E-state index contributed by atoms with van der Waals surface area (Å²) in [4.78, 5) is 16.1. The second-order valence-electron chi connectivity index (χ2n) is 4.66. The van der Waals surface area contributed by atoms with E-state index in [-0.39, 0.29) is 11.9 Å². The van der Waals surface area contributed by atoms with Crippen molar-refractivity contribution in [1.29, 1.82) is 0 Å². The molecule has 1 atom stereocenters. The van der Waals surface area contributed by atoms with Gasteiger partial charge in [0.15, 0.2) is 0 Å². The largest absolute Gasteiger partial charge is 0.466 e. The minimum absolute atomic E-state index is 0.135. The molecule has 4 heteroatoms. The molecule has 0 aliphatic rings. The van der Waals surface area contributed by atoms with Gasteiger partial charge in [0.05, 0.1) is 18.9 Å². The smallest absolute Gasteiger partial charge is 0.313 e. The first kappa shape index (κ1) is 14.3.